The Bertz CT molecular complexity index is 1150. The van der Waals surface area contributed by atoms with E-state index in [4.69, 9.17) is 24.8 Å². The van der Waals surface area contributed by atoms with Crippen molar-refractivity contribution < 1.29 is 62.8 Å². The molecule has 14 nitrogen and oxygen atoms in total. The van der Waals surface area contributed by atoms with Crippen molar-refractivity contribution in [3.63, 3.8) is 0 Å². The summed E-state index contributed by atoms with van der Waals surface area (Å²) < 4.78 is 32.6. The molecule has 1 fully saturated rings. The maximum absolute atomic E-state index is 12.7. The van der Waals surface area contributed by atoms with E-state index in [9.17, 15) is 39.2 Å². The highest BCUT2D eigenvalue weighted by atomic mass is 31.2. The van der Waals surface area contributed by atoms with Crippen LogP contribution < -0.4 is 5.73 Å². The SMILES string of the molecule is CCCCCCCCCCCCCC(=O)OC[C@H](COP(=O)(O)OC[C@H](N)C(=O)O)OC(=O)CCC/C=C/C[C@@H]1[C@@H](/C=C/[C@@H](O)CCCCC)[C@H](O)C[C@@H]1O. The zero-order valence-corrected chi connectivity index (χ0v) is 34.2. The first kappa shape index (κ1) is 50.9. The number of carboxylic acids is 1. The third-order valence-corrected chi connectivity index (χ3v) is 10.7. The largest absolute Gasteiger partial charge is 0.480 e. The van der Waals surface area contributed by atoms with E-state index in [1.165, 1.54) is 44.9 Å². The predicted octanol–water partition coefficient (Wildman–Crippen LogP) is 6.66. The van der Waals surface area contributed by atoms with Gasteiger partial charge in [-0.3, -0.25) is 23.4 Å². The number of phosphoric acid groups is 1. The lowest BCUT2D eigenvalue weighted by atomic mass is 9.89. The second-order valence-electron chi connectivity index (χ2n) is 14.7. The molecule has 0 aliphatic heterocycles. The second kappa shape index (κ2) is 30.9. The van der Waals surface area contributed by atoms with Crippen LogP contribution in [0.15, 0.2) is 24.3 Å². The highest BCUT2D eigenvalue weighted by Crippen LogP contribution is 2.43. The van der Waals surface area contributed by atoms with Gasteiger partial charge in [-0.1, -0.05) is 122 Å². The maximum atomic E-state index is 12.7. The number of ether oxygens (including phenoxy) is 2. The van der Waals surface area contributed by atoms with E-state index in [2.05, 4.69) is 18.4 Å². The van der Waals surface area contributed by atoms with Crippen molar-refractivity contribution in [2.45, 2.75) is 179 Å². The summed E-state index contributed by atoms with van der Waals surface area (Å²) in [5.74, 6) is -3.08. The van der Waals surface area contributed by atoms with Gasteiger partial charge in [0, 0.05) is 25.2 Å². The number of esters is 2. The number of carboxylic acid groups (broad SMARTS) is 1. The van der Waals surface area contributed by atoms with Gasteiger partial charge in [-0.2, -0.15) is 0 Å². The summed E-state index contributed by atoms with van der Waals surface area (Å²) in [4.78, 5) is 46.0. The number of carbonyl (C=O) groups excluding carboxylic acids is 2. The molecule has 1 rings (SSSR count). The highest BCUT2D eigenvalue weighted by Gasteiger charge is 2.39. The summed E-state index contributed by atoms with van der Waals surface area (Å²) in [6.45, 7) is 2.43. The number of carbonyl (C=O) groups is 3. The zero-order valence-electron chi connectivity index (χ0n) is 33.3. The summed E-state index contributed by atoms with van der Waals surface area (Å²) in [5, 5.41) is 40.1. The molecule has 0 aromatic carbocycles. The molecule has 7 N–H and O–H groups in total. The first-order chi connectivity index (χ1) is 26.3. The van der Waals surface area contributed by atoms with Gasteiger partial charge < -0.3 is 40.5 Å². The first-order valence-electron chi connectivity index (χ1n) is 20.6. The number of hydrogen-bond donors (Lipinski definition) is 6. The maximum Gasteiger partial charge on any atom is 0.472 e. The predicted molar refractivity (Wildman–Crippen MR) is 210 cm³/mol. The molecule has 1 aliphatic rings. The number of phosphoric ester groups is 1. The van der Waals surface area contributed by atoms with Crippen LogP contribution >= 0.6 is 7.82 Å². The van der Waals surface area contributed by atoms with E-state index in [1.54, 1.807) is 6.08 Å². The van der Waals surface area contributed by atoms with Crippen LogP contribution in [0.5, 0.6) is 0 Å². The number of aliphatic hydroxyl groups is 3. The van der Waals surface area contributed by atoms with Crippen molar-refractivity contribution in [1.29, 1.82) is 0 Å². The average molecular weight is 806 g/mol. The van der Waals surface area contributed by atoms with Crippen LogP contribution in [0.2, 0.25) is 0 Å². The topological polar surface area (TPSA) is 232 Å². The van der Waals surface area contributed by atoms with Crippen molar-refractivity contribution in [2.75, 3.05) is 19.8 Å². The summed E-state index contributed by atoms with van der Waals surface area (Å²) >= 11 is 0. The van der Waals surface area contributed by atoms with Crippen molar-refractivity contribution in [2.24, 2.45) is 17.6 Å². The van der Waals surface area contributed by atoms with Gasteiger partial charge in [-0.15, -0.1) is 0 Å². The van der Waals surface area contributed by atoms with E-state index in [0.717, 1.165) is 38.5 Å². The summed E-state index contributed by atoms with van der Waals surface area (Å²) in [6.07, 6.45) is 22.1. The van der Waals surface area contributed by atoms with Gasteiger partial charge in [-0.25, -0.2) is 4.57 Å². The van der Waals surface area contributed by atoms with E-state index < -0.39 is 76.0 Å². The van der Waals surface area contributed by atoms with Crippen LogP contribution in [0.3, 0.4) is 0 Å². The lowest BCUT2D eigenvalue weighted by molar-refractivity contribution is -0.161. The molecule has 1 aliphatic carbocycles. The molecular formula is C40H72NO13P. The number of unbranched alkanes of at least 4 members (excludes halogenated alkanes) is 13. The lowest BCUT2D eigenvalue weighted by Crippen LogP contribution is -2.34. The van der Waals surface area contributed by atoms with Gasteiger partial charge in [0.25, 0.3) is 0 Å². The smallest absolute Gasteiger partial charge is 0.472 e. The monoisotopic (exact) mass is 805 g/mol. The van der Waals surface area contributed by atoms with Gasteiger partial charge in [0.15, 0.2) is 6.10 Å². The minimum atomic E-state index is -4.78. The molecule has 0 radical (unpaired) electrons. The minimum Gasteiger partial charge on any atom is -0.480 e. The average Bonchev–Trinajstić information content (AvgIpc) is 3.41. The Labute approximate surface area is 328 Å². The Morgan fingerprint density at radius 2 is 1.36 bits per heavy atom. The third kappa shape index (κ3) is 25.7. The number of rotatable bonds is 34. The van der Waals surface area contributed by atoms with Gasteiger partial charge >= 0.3 is 25.7 Å². The molecule has 0 bridgehead atoms. The van der Waals surface area contributed by atoms with Crippen molar-refractivity contribution in [3.05, 3.63) is 24.3 Å². The van der Waals surface area contributed by atoms with Crippen molar-refractivity contribution >= 4 is 25.7 Å². The minimum absolute atomic E-state index is 0.0136. The number of aliphatic carboxylic acids is 1. The number of hydrogen-bond acceptors (Lipinski definition) is 12. The molecular weight excluding hydrogens is 733 g/mol. The molecule has 1 saturated carbocycles. The molecule has 8 atom stereocenters. The second-order valence-corrected chi connectivity index (χ2v) is 16.2. The van der Waals surface area contributed by atoms with Gasteiger partial charge in [0.1, 0.15) is 12.6 Å². The van der Waals surface area contributed by atoms with E-state index in [-0.39, 0.29) is 31.1 Å². The van der Waals surface area contributed by atoms with Crippen molar-refractivity contribution in [3.8, 4) is 0 Å². The number of nitrogens with two attached hydrogens (primary N) is 1. The quantitative estimate of drug-likeness (QED) is 0.0173. The zero-order chi connectivity index (χ0) is 40.9. The summed E-state index contributed by atoms with van der Waals surface area (Å²) in [7, 11) is -4.78. The normalized spacial score (nSPS) is 21.4. The number of allylic oxidation sites excluding steroid dienone is 2. The molecule has 15 heteroatoms. The molecule has 0 heterocycles. The van der Waals surface area contributed by atoms with Crippen LogP contribution in [-0.4, -0.2) is 93.5 Å². The van der Waals surface area contributed by atoms with Crippen LogP contribution in [0.25, 0.3) is 0 Å². The molecule has 0 aromatic rings. The lowest BCUT2D eigenvalue weighted by Gasteiger charge is -2.20. The Kier molecular flexibility index (Phi) is 28.6. The number of aliphatic hydroxyl groups excluding tert-OH is 3. The Balaban J connectivity index is 2.56. The molecule has 0 spiro atoms. The van der Waals surface area contributed by atoms with Crippen LogP contribution in [-0.2, 0) is 37.5 Å². The molecule has 0 aromatic heterocycles. The van der Waals surface area contributed by atoms with E-state index in [1.807, 2.05) is 18.2 Å². The van der Waals surface area contributed by atoms with Gasteiger partial charge in [0.05, 0.1) is 31.5 Å². The van der Waals surface area contributed by atoms with E-state index >= 15 is 0 Å². The third-order valence-electron chi connectivity index (χ3n) is 9.77. The Morgan fingerprint density at radius 3 is 2.00 bits per heavy atom. The van der Waals surface area contributed by atoms with Crippen LogP contribution in [0.4, 0.5) is 0 Å². The molecule has 0 saturated heterocycles. The molecule has 320 valence electrons. The highest BCUT2D eigenvalue weighted by molar-refractivity contribution is 7.47. The van der Waals surface area contributed by atoms with Gasteiger partial charge in [-0.05, 0) is 38.0 Å². The van der Waals surface area contributed by atoms with Gasteiger partial charge in [0.2, 0.25) is 0 Å². The van der Waals surface area contributed by atoms with E-state index in [0.29, 0.717) is 32.1 Å². The van der Waals surface area contributed by atoms with Crippen molar-refractivity contribution in [1.82, 2.24) is 0 Å². The molecule has 55 heavy (non-hydrogen) atoms. The standard InChI is InChI=1S/C40H72NO13P/c1-3-5-7-8-9-10-11-12-13-14-19-23-38(45)51-28-32(29-52-55(49,50)53-30-35(41)40(47)48)54-39(46)24-20-16-15-18-22-33-34(37(44)27-36(33)43)26-25-31(42)21-17-6-4-2/h15,18,25-26,31-37,42-44H,3-14,16-17,19-24,27-30,41H2,1-2H3,(H,47,48)(H,49,50)/b18-15+,26-25+/t31-,32+,33+,34+,35-,36-,37+/m0/s1. The molecule has 1 unspecified atom stereocenters. The fraction of sp³-hybridized carbons (Fsp3) is 0.825. The molecule has 0 amide bonds. The Morgan fingerprint density at radius 1 is 0.782 bits per heavy atom. The fourth-order valence-electron chi connectivity index (χ4n) is 6.41. The van der Waals surface area contributed by atoms with Crippen LogP contribution in [0, 0.1) is 11.8 Å². The fourth-order valence-corrected chi connectivity index (χ4v) is 7.19. The Hall–Kier alpha value is -2.16. The first-order valence-corrected chi connectivity index (χ1v) is 22.1. The van der Waals surface area contributed by atoms with Crippen LogP contribution in [0.1, 0.15) is 149 Å². The summed E-state index contributed by atoms with van der Waals surface area (Å²) in [5.41, 5.74) is 5.32. The summed E-state index contributed by atoms with van der Waals surface area (Å²) in [6, 6.07) is -1.56.